The Labute approximate surface area is 179 Å². The first-order valence-electron chi connectivity index (χ1n) is 10.1. The molecule has 1 N–H and O–H groups in total. The van der Waals surface area contributed by atoms with E-state index in [0.717, 1.165) is 31.9 Å². The van der Waals surface area contributed by atoms with Gasteiger partial charge in [0.25, 0.3) is 5.88 Å². The average molecular weight is 423 g/mol. The number of carbonyl (C=O) groups excluding carboxylic acids is 1. The average Bonchev–Trinajstić information content (AvgIpc) is 2.80. The number of ether oxygens (including phenoxy) is 2. The van der Waals surface area contributed by atoms with Crippen LogP contribution in [-0.4, -0.2) is 53.9 Å². The van der Waals surface area contributed by atoms with Crippen LogP contribution in [0.15, 0.2) is 48.5 Å². The van der Waals surface area contributed by atoms with E-state index in [0.29, 0.717) is 11.3 Å². The first-order chi connectivity index (χ1) is 15.1. The molecule has 1 saturated heterocycles. The first-order valence-corrected chi connectivity index (χ1v) is 10.1. The minimum Gasteiger partial charge on any atom is -0.461 e. The van der Waals surface area contributed by atoms with E-state index >= 15 is 0 Å². The zero-order valence-electron chi connectivity index (χ0n) is 17.0. The van der Waals surface area contributed by atoms with E-state index in [2.05, 4.69) is 25.4 Å². The SMILES string of the molecule is CCOC(=O)c1nnc(-c2cccc(F)c2)nc1Oc1ccc(N2CCNCC2)cc1. The van der Waals surface area contributed by atoms with Crippen molar-refractivity contribution in [3.05, 3.63) is 60.0 Å². The summed E-state index contributed by atoms with van der Waals surface area (Å²) >= 11 is 0. The van der Waals surface area contributed by atoms with E-state index in [1.165, 1.54) is 12.1 Å². The molecule has 0 atom stereocenters. The van der Waals surface area contributed by atoms with E-state index in [4.69, 9.17) is 9.47 Å². The zero-order valence-corrected chi connectivity index (χ0v) is 17.0. The standard InChI is InChI=1S/C22H22FN5O3/c1-2-30-22(29)19-21(25-20(27-26-19)15-4-3-5-16(23)14-15)31-18-8-6-17(7-9-18)28-12-10-24-11-13-28/h3-9,14,24H,2,10-13H2,1H3. The van der Waals surface area contributed by atoms with Crippen LogP contribution in [-0.2, 0) is 4.74 Å². The molecule has 0 unspecified atom stereocenters. The summed E-state index contributed by atoms with van der Waals surface area (Å²) in [5.74, 6) is -0.556. The molecule has 0 saturated carbocycles. The second-order valence-electron chi connectivity index (χ2n) is 6.85. The van der Waals surface area contributed by atoms with Gasteiger partial charge in [0, 0.05) is 37.4 Å². The Morgan fingerprint density at radius 2 is 1.90 bits per heavy atom. The second kappa shape index (κ2) is 9.48. The highest BCUT2D eigenvalue weighted by Crippen LogP contribution is 2.27. The summed E-state index contributed by atoms with van der Waals surface area (Å²) in [6.45, 7) is 5.60. The van der Waals surface area contributed by atoms with E-state index in [1.54, 1.807) is 31.2 Å². The maximum absolute atomic E-state index is 13.6. The molecular weight excluding hydrogens is 401 g/mol. The third-order valence-electron chi connectivity index (χ3n) is 4.74. The van der Waals surface area contributed by atoms with Crippen molar-refractivity contribution in [2.24, 2.45) is 0 Å². The van der Waals surface area contributed by atoms with Crippen LogP contribution in [0.5, 0.6) is 11.6 Å². The van der Waals surface area contributed by atoms with Crippen LogP contribution in [0.25, 0.3) is 11.4 Å². The van der Waals surface area contributed by atoms with E-state index in [-0.39, 0.29) is 24.0 Å². The highest BCUT2D eigenvalue weighted by Gasteiger charge is 2.21. The number of rotatable bonds is 6. The maximum atomic E-state index is 13.6. The van der Waals surface area contributed by atoms with Gasteiger partial charge in [-0.2, -0.15) is 4.98 Å². The largest absolute Gasteiger partial charge is 0.461 e. The Bertz CT molecular complexity index is 1060. The number of hydrogen-bond donors (Lipinski definition) is 1. The fraction of sp³-hybridized carbons (Fsp3) is 0.273. The molecule has 2 heterocycles. The van der Waals surface area contributed by atoms with Gasteiger partial charge < -0.3 is 19.7 Å². The predicted octanol–water partition coefficient (Wildman–Crippen LogP) is 3.06. The lowest BCUT2D eigenvalue weighted by molar-refractivity contribution is 0.0514. The number of benzene rings is 2. The smallest absolute Gasteiger partial charge is 0.364 e. The molecule has 8 nitrogen and oxygen atoms in total. The molecule has 0 bridgehead atoms. The Balaban J connectivity index is 1.62. The molecule has 9 heteroatoms. The van der Waals surface area contributed by atoms with Gasteiger partial charge in [-0.3, -0.25) is 0 Å². The lowest BCUT2D eigenvalue weighted by Gasteiger charge is -2.29. The van der Waals surface area contributed by atoms with Crippen molar-refractivity contribution in [3.8, 4) is 23.0 Å². The number of aromatic nitrogens is 3. The fourth-order valence-corrected chi connectivity index (χ4v) is 3.22. The van der Waals surface area contributed by atoms with Crippen LogP contribution in [0.3, 0.4) is 0 Å². The topological polar surface area (TPSA) is 89.5 Å². The summed E-state index contributed by atoms with van der Waals surface area (Å²) in [5.41, 5.74) is 1.36. The third kappa shape index (κ3) is 4.95. The highest BCUT2D eigenvalue weighted by molar-refractivity contribution is 5.89. The van der Waals surface area contributed by atoms with Crippen LogP contribution in [0.2, 0.25) is 0 Å². The summed E-state index contributed by atoms with van der Waals surface area (Å²) in [4.78, 5) is 18.9. The molecule has 1 aromatic heterocycles. The molecule has 1 fully saturated rings. The number of anilines is 1. The Kier molecular flexibility index (Phi) is 6.32. The van der Waals surface area contributed by atoms with Gasteiger partial charge >= 0.3 is 5.97 Å². The van der Waals surface area contributed by atoms with Gasteiger partial charge in [0.05, 0.1) is 6.61 Å². The van der Waals surface area contributed by atoms with Crippen LogP contribution in [0, 0.1) is 5.82 Å². The Hall–Kier alpha value is -3.59. The van der Waals surface area contributed by atoms with Crippen LogP contribution < -0.4 is 15.0 Å². The predicted molar refractivity (Wildman–Crippen MR) is 113 cm³/mol. The molecule has 0 spiro atoms. The molecule has 31 heavy (non-hydrogen) atoms. The van der Waals surface area contributed by atoms with Gasteiger partial charge in [0.15, 0.2) is 5.82 Å². The van der Waals surface area contributed by atoms with E-state index in [1.807, 2.05) is 12.1 Å². The maximum Gasteiger partial charge on any atom is 0.364 e. The number of piperazine rings is 1. The van der Waals surface area contributed by atoms with Crippen molar-refractivity contribution < 1.29 is 18.7 Å². The van der Waals surface area contributed by atoms with Crippen molar-refractivity contribution in [1.82, 2.24) is 20.5 Å². The Morgan fingerprint density at radius 3 is 2.61 bits per heavy atom. The van der Waals surface area contributed by atoms with Crippen molar-refractivity contribution in [2.45, 2.75) is 6.92 Å². The van der Waals surface area contributed by atoms with Crippen molar-refractivity contribution >= 4 is 11.7 Å². The molecule has 0 radical (unpaired) electrons. The lowest BCUT2D eigenvalue weighted by atomic mass is 10.2. The van der Waals surface area contributed by atoms with Crippen LogP contribution in [0.1, 0.15) is 17.4 Å². The number of nitrogens with zero attached hydrogens (tertiary/aromatic N) is 4. The summed E-state index contributed by atoms with van der Waals surface area (Å²) in [6.07, 6.45) is 0. The third-order valence-corrected chi connectivity index (χ3v) is 4.74. The molecule has 1 aliphatic heterocycles. The van der Waals surface area contributed by atoms with Crippen LogP contribution >= 0.6 is 0 Å². The van der Waals surface area contributed by atoms with Gasteiger partial charge in [-0.05, 0) is 43.3 Å². The van der Waals surface area contributed by atoms with Gasteiger partial charge in [-0.25, -0.2) is 9.18 Å². The molecule has 4 rings (SSSR count). The molecule has 3 aromatic rings. The zero-order chi connectivity index (χ0) is 21.6. The van der Waals surface area contributed by atoms with Gasteiger partial charge in [0.2, 0.25) is 5.69 Å². The lowest BCUT2D eigenvalue weighted by Crippen LogP contribution is -2.43. The van der Waals surface area contributed by atoms with Gasteiger partial charge in [0.1, 0.15) is 11.6 Å². The van der Waals surface area contributed by atoms with E-state index in [9.17, 15) is 9.18 Å². The quantitative estimate of drug-likeness (QED) is 0.605. The number of esters is 1. The second-order valence-corrected chi connectivity index (χ2v) is 6.85. The van der Waals surface area contributed by atoms with E-state index < -0.39 is 11.8 Å². The number of carbonyl (C=O) groups is 1. The molecule has 2 aromatic carbocycles. The van der Waals surface area contributed by atoms with Crippen molar-refractivity contribution in [2.75, 3.05) is 37.7 Å². The number of hydrogen-bond acceptors (Lipinski definition) is 8. The normalized spacial score (nSPS) is 13.7. The molecular formula is C22H22FN5O3. The van der Waals surface area contributed by atoms with Crippen molar-refractivity contribution in [1.29, 1.82) is 0 Å². The molecule has 0 aliphatic carbocycles. The van der Waals surface area contributed by atoms with Crippen LogP contribution in [0.4, 0.5) is 10.1 Å². The summed E-state index contributed by atoms with van der Waals surface area (Å²) in [6, 6.07) is 13.3. The minimum absolute atomic E-state index is 0.0531. The Morgan fingerprint density at radius 1 is 1.13 bits per heavy atom. The van der Waals surface area contributed by atoms with Gasteiger partial charge in [-0.1, -0.05) is 12.1 Å². The first kappa shape index (κ1) is 20.7. The summed E-state index contributed by atoms with van der Waals surface area (Å²) in [5, 5.41) is 11.2. The summed E-state index contributed by atoms with van der Waals surface area (Å²) < 4.78 is 24.5. The number of halogens is 1. The molecule has 0 amide bonds. The number of nitrogens with one attached hydrogen (secondary N) is 1. The summed E-state index contributed by atoms with van der Waals surface area (Å²) in [7, 11) is 0. The highest BCUT2D eigenvalue weighted by atomic mass is 19.1. The minimum atomic E-state index is -0.694. The fourth-order valence-electron chi connectivity index (χ4n) is 3.22. The molecule has 1 aliphatic rings. The monoisotopic (exact) mass is 423 g/mol. The van der Waals surface area contributed by atoms with Gasteiger partial charge in [-0.15, -0.1) is 10.2 Å². The molecule has 160 valence electrons. The van der Waals surface area contributed by atoms with Crippen molar-refractivity contribution in [3.63, 3.8) is 0 Å².